The molecule has 21 heavy (non-hydrogen) atoms. The molecule has 1 aromatic carbocycles. The van der Waals surface area contributed by atoms with Crippen LogP contribution < -0.4 is 10.1 Å². The second-order valence-corrected chi connectivity index (χ2v) is 5.38. The summed E-state index contributed by atoms with van der Waals surface area (Å²) in [5.74, 6) is 0.877. The summed E-state index contributed by atoms with van der Waals surface area (Å²) < 4.78 is 5.76. The number of hydrogen-bond donors (Lipinski definition) is 2. The molecule has 0 aliphatic carbocycles. The molecule has 1 fully saturated rings. The van der Waals surface area contributed by atoms with E-state index in [-0.39, 0.29) is 0 Å². The molecule has 0 bridgehead atoms. The second kappa shape index (κ2) is 8.52. The molecule has 0 saturated carbocycles. The maximum Gasteiger partial charge on any atom is 0.404 e. The smallest absolute Gasteiger partial charge is 0.404 e. The summed E-state index contributed by atoms with van der Waals surface area (Å²) >= 11 is 0. The van der Waals surface area contributed by atoms with Gasteiger partial charge in [0.15, 0.2) is 0 Å². The van der Waals surface area contributed by atoms with Crippen LogP contribution in [0.15, 0.2) is 24.3 Å². The van der Waals surface area contributed by atoms with Crippen molar-refractivity contribution >= 4 is 6.09 Å². The fourth-order valence-corrected chi connectivity index (χ4v) is 2.54. The number of rotatable bonds is 7. The third-order valence-electron chi connectivity index (χ3n) is 3.74. The standard InChI is InChI=1S/C16H24N2O3/c19-16(20)17-9-8-14-4-6-15(7-5-14)21-13-12-18-10-2-1-3-11-18/h4-7,17H,1-3,8-13H2,(H,19,20). The number of carboxylic acid groups (broad SMARTS) is 1. The molecule has 1 saturated heterocycles. The number of ether oxygens (including phenoxy) is 1. The lowest BCUT2D eigenvalue weighted by Gasteiger charge is -2.26. The largest absolute Gasteiger partial charge is 0.492 e. The number of likely N-dealkylation sites (tertiary alicyclic amines) is 1. The number of carbonyl (C=O) groups is 1. The first kappa shape index (κ1) is 15.6. The lowest BCUT2D eigenvalue weighted by Crippen LogP contribution is -2.33. The molecule has 1 aromatic rings. The number of benzene rings is 1. The van der Waals surface area contributed by atoms with Gasteiger partial charge in [-0.25, -0.2) is 4.79 Å². The monoisotopic (exact) mass is 292 g/mol. The van der Waals surface area contributed by atoms with Crippen LogP contribution in [0.2, 0.25) is 0 Å². The Morgan fingerprint density at radius 2 is 1.90 bits per heavy atom. The van der Waals surface area contributed by atoms with Crippen LogP contribution in [0.1, 0.15) is 24.8 Å². The van der Waals surface area contributed by atoms with Crippen molar-refractivity contribution in [2.45, 2.75) is 25.7 Å². The number of piperidine rings is 1. The average molecular weight is 292 g/mol. The van der Waals surface area contributed by atoms with Crippen LogP contribution in [0, 0.1) is 0 Å². The van der Waals surface area contributed by atoms with Gasteiger partial charge in [-0.1, -0.05) is 18.6 Å². The number of amides is 1. The molecule has 1 aliphatic heterocycles. The highest BCUT2D eigenvalue weighted by Gasteiger charge is 2.09. The van der Waals surface area contributed by atoms with Crippen LogP contribution in [-0.4, -0.2) is 48.9 Å². The lowest BCUT2D eigenvalue weighted by molar-refractivity contribution is 0.183. The molecular formula is C16H24N2O3. The average Bonchev–Trinajstić information content (AvgIpc) is 2.50. The Balaban J connectivity index is 1.65. The zero-order valence-electron chi connectivity index (χ0n) is 12.4. The minimum absolute atomic E-state index is 0.435. The summed E-state index contributed by atoms with van der Waals surface area (Å²) in [6.07, 6.45) is 3.68. The van der Waals surface area contributed by atoms with Crippen molar-refractivity contribution in [1.29, 1.82) is 0 Å². The Labute approximate surface area is 125 Å². The Bertz CT molecular complexity index is 428. The van der Waals surface area contributed by atoms with Crippen molar-refractivity contribution in [3.63, 3.8) is 0 Å². The summed E-state index contributed by atoms with van der Waals surface area (Å²) in [4.78, 5) is 12.8. The van der Waals surface area contributed by atoms with Gasteiger partial charge in [-0.2, -0.15) is 0 Å². The highest BCUT2D eigenvalue weighted by Crippen LogP contribution is 2.13. The number of nitrogens with one attached hydrogen (secondary N) is 1. The van der Waals surface area contributed by atoms with Gasteiger partial charge in [0.2, 0.25) is 0 Å². The van der Waals surface area contributed by atoms with E-state index >= 15 is 0 Å². The molecule has 0 spiro atoms. The van der Waals surface area contributed by atoms with Crippen molar-refractivity contribution in [3.8, 4) is 5.75 Å². The molecule has 2 N–H and O–H groups in total. The molecular weight excluding hydrogens is 268 g/mol. The van der Waals surface area contributed by atoms with Gasteiger partial charge in [0, 0.05) is 13.1 Å². The summed E-state index contributed by atoms with van der Waals surface area (Å²) in [6, 6.07) is 7.87. The van der Waals surface area contributed by atoms with Gasteiger partial charge < -0.3 is 15.2 Å². The summed E-state index contributed by atoms with van der Waals surface area (Å²) in [7, 11) is 0. The van der Waals surface area contributed by atoms with Crippen LogP contribution in [-0.2, 0) is 6.42 Å². The highest BCUT2D eigenvalue weighted by atomic mass is 16.5. The summed E-state index contributed by atoms with van der Waals surface area (Å²) in [6.45, 7) is 4.53. The van der Waals surface area contributed by atoms with E-state index in [0.29, 0.717) is 13.0 Å². The Morgan fingerprint density at radius 1 is 1.19 bits per heavy atom. The predicted molar refractivity (Wildman–Crippen MR) is 82.0 cm³/mol. The van der Waals surface area contributed by atoms with E-state index in [4.69, 9.17) is 9.84 Å². The summed E-state index contributed by atoms with van der Waals surface area (Å²) in [5, 5.41) is 10.9. The lowest BCUT2D eigenvalue weighted by atomic mass is 10.1. The second-order valence-electron chi connectivity index (χ2n) is 5.38. The zero-order chi connectivity index (χ0) is 14.9. The minimum Gasteiger partial charge on any atom is -0.492 e. The zero-order valence-corrected chi connectivity index (χ0v) is 12.4. The van der Waals surface area contributed by atoms with Crippen LogP contribution in [0.25, 0.3) is 0 Å². The molecule has 1 amide bonds. The molecule has 0 aromatic heterocycles. The Hall–Kier alpha value is -1.75. The molecule has 0 radical (unpaired) electrons. The summed E-state index contributed by atoms with van der Waals surface area (Å²) in [5.41, 5.74) is 1.10. The van der Waals surface area contributed by atoms with E-state index in [1.807, 2.05) is 24.3 Å². The van der Waals surface area contributed by atoms with Crippen molar-refractivity contribution in [2.75, 3.05) is 32.8 Å². The SMILES string of the molecule is O=C(O)NCCc1ccc(OCCN2CCCCC2)cc1. The van der Waals surface area contributed by atoms with Gasteiger partial charge >= 0.3 is 6.09 Å². The first-order valence-electron chi connectivity index (χ1n) is 7.65. The van der Waals surface area contributed by atoms with Crippen LogP contribution in [0.3, 0.4) is 0 Å². The van der Waals surface area contributed by atoms with Gasteiger partial charge in [0.05, 0.1) is 0 Å². The fourth-order valence-electron chi connectivity index (χ4n) is 2.54. The molecule has 1 heterocycles. The third kappa shape index (κ3) is 6.04. The normalized spacial score (nSPS) is 15.6. The van der Waals surface area contributed by atoms with Crippen LogP contribution >= 0.6 is 0 Å². The van der Waals surface area contributed by atoms with Gasteiger partial charge in [0.25, 0.3) is 0 Å². The van der Waals surface area contributed by atoms with Crippen LogP contribution in [0.5, 0.6) is 5.75 Å². The van der Waals surface area contributed by atoms with Gasteiger partial charge in [-0.3, -0.25) is 4.90 Å². The minimum atomic E-state index is -0.979. The Kier molecular flexibility index (Phi) is 6.34. The topological polar surface area (TPSA) is 61.8 Å². The van der Waals surface area contributed by atoms with Crippen molar-refractivity contribution in [2.24, 2.45) is 0 Å². The predicted octanol–water partition coefficient (Wildman–Crippen LogP) is 2.36. The Morgan fingerprint density at radius 3 is 2.57 bits per heavy atom. The molecule has 1 aliphatic rings. The highest BCUT2D eigenvalue weighted by molar-refractivity contribution is 5.64. The van der Waals surface area contributed by atoms with E-state index < -0.39 is 6.09 Å². The van der Waals surface area contributed by atoms with Gasteiger partial charge in [-0.05, 0) is 50.0 Å². The third-order valence-corrected chi connectivity index (χ3v) is 3.74. The maximum atomic E-state index is 10.4. The van der Waals surface area contributed by atoms with Crippen molar-refractivity contribution < 1.29 is 14.6 Å². The van der Waals surface area contributed by atoms with Gasteiger partial charge in [-0.15, -0.1) is 0 Å². The molecule has 116 valence electrons. The first-order chi connectivity index (χ1) is 10.2. The van der Waals surface area contributed by atoms with E-state index in [2.05, 4.69) is 10.2 Å². The van der Waals surface area contributed by atoms with E-state index in [1.54, 1.807) is 0 Å². The fraction of sp³-hybridized carbons (Fsp3) is 0.562. The van der Waals surface area contributed by atoms with Crippen LogP contribution in [0.4, 0.5) is 4.79 Å². The quantitative estimate of drug-likeness (QED) is 0.810. The molecule has 0 unspecified atom stereocenters. The number of hydrogen-bond acceptors (Lipinski definition) is 3. The molecule has 0 atom stereocenters. The van der Waals surface area contributed by atoms with E-state index in [9.17, 15) is 4.79 Å². The molecule has 2 rings (SSSR count). The van der Waals surface area contributed by atoms with Gasteiger partial charge in [0.1, 0.15) is 12.4 Å². The van der Waals surface area contributed by atoms with E-state index in [1.165, 1.54) is 32.4 Å². The first-order valence-corrected chi connectivity index (χ1v) is 7.65. The molecule has 5 heteroatoms. The van der Waals surface area contributed by atoms with Crippen molar-refractivity contribution in [1.82, 2.24) is 10.2 Å². The molecule has 5 nitrogen and oxygen atoms in total. The number of nitrogens with zero attached hydrogens (tertiary/aromatic N) is 1. The maximum absolute atomic E-state index is 10.4. The van der Waals surface area contributed by atoms with Crippen molar-refractivity contribution in [3.05, 3.63) is 29.8 Å². The van der Waals surface area contributed by atoms with E-state index in [0.717, 1.165) is 24.5 Å².